The maximum atomic E-state index is 13.4. The van der Waals surface area contributed by atoms with Gasteiger partial charge in [-0.2, -0.15) is 0 Å². The Labute approximate surface area is 237 Å². The molecule has 2 aromatic rings. The zero-order chi connectivity index (χ0) is 29.4. The Hall–Kier alpha value is -3.46. The third kappa shape index (κ3) is 9.05. The van der Waals surface area contributed by atoms with Crippen molar-refractivity contribution in [3.8, 4) is 11.3 Å². The molecule has 0 radical (unpaired) electrons. The van der Waals surface area contributed by atoms with Gasteiger partial charge in [-0.05, 0) is 69.7 Å². The SMILES string of the molecule is CC(C)CC(C(=O)NC1CCCN(C(=O)Cc2cccc(-c3ccccn3)c2)CC1O)N(C)C(=O)OC(C)(C)C. The molecule has 0 bridgehead atoms. The van der Waals surface area contributed by atoms with Gasteiger partial charge < -0.3 is 20.1 Å². The van der Waals surface area contributed by atoms with Gasteiger partial charge in [-0.25, -0.2) is 4.79 Å². The third-order valence-electron chi connectivity index (χ3n) is 6.88. The van der Waals surface area contributed by atoms with Crippen LogP contribution in [0.1, 0.15) is 59.4 Å². The number of carbonyl (C=O) groups excluding carboxylic acids is 3. The average molecular weight is 553 g/mol. The lowest BCUT2D eigenvalue weighted by atomic mass is 10.0. The molecule has 3 unspecified atom stereocenters. The maximum Gasteiger partial charge on any atom is 0.410 e. The monoisotopic (exact) mass is 552 g/mol. The maximum absolute atomic E-state index is 13.4. The molecule has 0 aliphatic carbocycles. The van der Waals surface area contributed by atoms with Crippen LogP contribution in [0.3, 0.4) is 0 Å². The van der Waals surface area contributed by atoms with Crippen molar-refractivity contribution in [2.24, 2.45) is 5.92 Å². The van der Waals surface area contributed by atoms with Crippen molar-refractivity contribution in [3.63, 3.8) is 0 Å². The second-order valence-electron chi connectivity index (χ2n) is 12.0. The molecule has 3 atom stereocenters. The molecule has 9 nitrogen and oxygen atoms in total. The highest BCUT2D eigenvalue weighted by Gasteiger charge is 2.34. The number of hydrogen-bond donors (Lipinski definition) is 2. The van der Waals surface area contributed by atoms with Crippen LogP contribution in [-0.4, -0.2) is 81.7 Å². The average Bonchev–Trinajstić information content (AvgIpc) is 3.07. The molecule has 1 aromatic heterocycles. The summed E-state index contributed by atoms with van der Waals surface area (Å²) in [6, 6.07) is 12.2. The number of nitrogens with zero attached hydrogens (tertiary/aromatic N) is 3. The van der Waals surface area contributed by atoms with Gasteiger partial charge in [0.05, 0.1) is 24.3 Å². The number of pyridine rings is 1. The molecule has 0 spiro atoms. The van der Waals surface area contributed by atoms with E-state index in [4.69, 9.17) is 4.74 Å². The topological polar surface area (TPSA) is 112 Å². The van der Waals surface area contributed by atoms with E-state index in [2.05, 4.69) is 10.3 Å². The Morgan fingerprint density at radius 1 is 1.18 bits per heavy atom. The van der Waals surface area contributed by atoms with Crippen molar-refractivity contribution in [3.05, 3.63) is 54.2 Å². The highest BCUT2D eigenvalue weighted by atomic mass is 16.6. The summed E-state index contributed by atoms with van der Waals surface area (Å²) in [6.07, 6.45) is 2.06. The third-order valence-corrected chi connectivity index (χ3v) is 6.88. The van der Waals surface area contributed by atoms with Crippen LogP contribution in [0, 0.1) is 5.92 Å². The number of β-amino-alcohol motifs (C(OH)–C–C–N with tert-alkyl or cyclic N) is 1. The van der Waals surface area contributed by atoms with Gasteiger partial charge in [0.15, 0.2) is 0 Å². The lowest BCUT2D eigenvalue weighted by Gasteiger charge is -2.32. The molecule has 9 heteroatoms. The highest BCUT2D eigenvalue weighted by molar-refractivity contribution is 5.86. The molecular formula is C31H44N4O5. The van der Waals surface area contributed by atoms with Gasteiger partial charge in [0.2, 0.25) is 11.8 Å². The molecule has 0 saturated carbocycles. The number of benzene rings is 1. The Bertz CT molecular complexity index is 1150. The van der Waals surface area contributed by atoms with Crippen molar-refractivity contribution in [1.29, 1.82) is 0 Å². The normalized spacial score (nSPS) is 18.6. The molecule has 2 heterocycles. The number of ether oxygens (including phenoxy) is 1. The second kappa shape index (κ2) is 13.7. The first-order chi connectivity index (χ1) is 18.8. The zero-order valence-electron chi connectivity index (χ0n) is 24.6. The summed E-state index contributed by atoms with van der Waals surface area (Å²) >= 11 is 0. The lowest BCUT2D eigenvalue weighted by molar-refractivity contribution is -0.131. The Kier molecular flexibility index (Phi) is 10.7. The smallest absolute Gasteiger partial charge is 0.410 e. The van der Waals surface area contributed by atoms with E-state index in [9.17, 15) is 19.5 Å². The highest BCUT2D eigenvalue weighted by Crippen LogP contribution is 2.21. The van der Waals surface area contributed by atoms with Crippen molar-refractivity contribution in [2.45, 2.75) is 84.1 Å². The molecule has 1 aliphatic rings. The van der Waals surface area contributed by atoms with E-state index in [-0.39, 0.29) is 30.7 Å². The summed E-state index contributed by atoms with van der Waals surface area (Å²) in [7, 11) is 1.56. The van der Waals surface area contributed by atoms with Crippen LogP contribution in [0.5, 0.6) is 0 Å². The number of likely N-dealkylation sites (tertiary alicyclic amines) is 1. The molecule has 40 heavy (non-hydrogen) atoms. The van der Waals surface area contributed by atoms with Gasteiger partial charge in [-0.3, -0.25) is 19.5 Å². The number of hydrogen-bond acceptors (Lipinski definition) is 6. The number of aromatic nitrogens is 1. The number of carbonyl (C=O) groups is 3. The van der Waals surface area contributed by atoms with Crippen LogP contribution in [0.4, 0.5) is 4.79 Å². The van der Waals surface area contributed by atoms with Crippen LogP contribution < -0.4 is 5.32 Å². The molecule has 1 aliphatic heterocycles. The first-order valence-corrected chi connectivity index (χ1v) is 14.1. The van der Waals surface area contributed by atoms with Crippen LogP contribution >= 0.6 is 0 Å². The summed E-state index contributed by atoms with van der Waals surface area (Å²) in [4.78, 5) is 46.6. The van der Waals surface area contributed by atoms with Crippen LogP contribution in [-0.2, 0) is 20.7 Å². The van der Waals surface area contributed by atoms with E-state index in [0.29, 0.717) is 25.8 Å². The van der Waals surface area contributed by atoms with Gasteiger partial charge in [0.1, 0.15) is 11.6 Å². The second-order valence-corrected chi connectivity index (χ2v) is 12.0. The summed E-state index contributed by atoms with van der Waals surface area (Å²) in [5.41, 5.74) is 1.97. The first kappa shape index (κ1) is 31.1. The fourth-order valence-electron chi connectivity index (χ4n) is 4.82. The molecule has 1 fully saturated rings. The number of likely N-dealkylation sites (N-methyl/N-ethyl adjacent to an activating group) is 1. The van der Waals surface area contributed by atoms with Crippen molar-refractivity contribution in [1.82, 2.24) is 20.1 Å². The summed E-state index contributed by atoms with van der Waals surface area (Å²) in [6.45, 7) is 9.93. The van der Waals surface area contributed by atoms with E-state index in [1.54, 1.807) is 38.9 Å². The Morgan fingerprint density at radius 3 is 2.58 bits per heavy atom. The summed E-state index contributed by atoms with van der Waals surface area (Å²) < 4.78 is 5.47. The Morgan fingerprint density at radius 2 is 1.93 bits per heavy atom. The first-order valence-electron chi connectivity index (χ1n) is 14.1. The number of rotatable bonds is 8. The van der Waals surface area contributed by atoms with E-state index >= 15 is 0 Å². The molecule has 3 rings (SSSR count). The van der Waals surface area contributed by atoms with E-state index in [0.717, 1.165) is 16.8 Å². The molecule has 2 N–H and O–H groups in total. The van der Waals surface area contributed by atoms with E-state index in [1.165, 1.54) is 4.90 Å². The van der Waals surface area contributed by atoms with Crippen LogP contribution in [0.2, 0.25) is 0 Å². The quantitative estimate of drug-likeness (QED) is 0.511. The number of nitrogens with one attached hydrogen (secondary N) is 1. The van der Waals surface area contributed by atoms with E-state index in [1.807, 2.05) is 56.3 Å². The summed E-state index contributed by atoms with van der Waals surface area (Å²) in [5.74, 6) is -0.257. The fraction of sp³-hybridized carbons (Fsp3) is 0.548. The van der Waals surface area contributed by atoms with Gasteiger partial charge in [0, 0.05) is 31.9 Å². The largest absolute Gasteiger partial charge is 0.444 e. The molecule has 1 aromatic carbocycles. The minimum Gasteiger partial charge on any atom is -0.444 e. The van der Waals surface area contributed by atoms with Gasteiger partial charge >= 0.3 is 6.09 Å². The molecular weight excluding hydrogens is 508 g/mol. The number of aliphatic hydroxyl groups excluding tert-OH is 1. The van der Waals surface area contributed by atoms with Crippen molar-refractivity contribution >= 4 is 17.9 Å². The fourth-order valence-corrected chi connectivity index (χ4v) is 4.82. The van der Waals surface area contributed by atoms with Crippen LogP contribution in [0.25, 0.3) is 11.3 Å². The standard InChI is InChI=1S/C31H44N4O5/c1-21(2)17-26(34(6)30(39)40-31(3,4)5)29(38)33-25-14-10-16-35(20-27(25)36)28(37)19-22-11-9-12-23(18-22)24-13-7-8-15-32-24/h7-9,11-13,15,18,21,25-27,36H,10,14,16-17,19-20H2,1-6H3,(H,33,38). The molecule has 218 valence electrons. The minimum atomic E-state index is -0.929. The number of amides is 3. The minimum absolute atomic E-state index is 0.0773. The van der Waals surface area contributed by atoms with Crippen LogP contribution in [0.15, 0.2) is 48.7 Å². The van der Waals surface area contributed by atoms with Crippen molar-refractivity contribution < 1.29 is 24.2 Å². The lowest BCUT2D eigenvalue weighted by Crippen LogP contribution is -2.54. The number of aliphatic hydroxyl groups is 1. The van der Waals surface area contributed by atoms with Gasteiger partial charge in [-0.15, -0.1) is 0 Å². The van der Waals surface area contributed by atoms with Gasteiger partial charge in [0.25, 0.3) is 0 Å². The Balaban J connectivity index is 1.63. The predicted molar refractivity (Wildman–Crippen MR) is 154 cm³/mol. The van der Waals surface area contributed by atoms with Gasteiger partial charge in [-0.1, -0.05) is 38.1 Å². The predicted octanol–water partition coefficient (Wildman–Crippen LogP) is 4.04. The summed E-state index contributed by atoms with van der Waals surface area (Å²) in [5, 5.41) is 14.0. The zero-order valence-corrected chi connectivity index (χ0v) is 24.6. The molecule has 3 amide bonds. The van der Waals surface area contributed by atoms with E-state index < -0.39 is 29.9 Å². The molecule has 1 saturated heterocycles. The van der Waals surface area contributed by atoms with Crippen molar-refractivity contribution in [2.75, 3.05) is 20.1 Å².